The van der Waals surface area contributed by atoms with Gasteiger partial charge in [0.25, 0.3) is 0 Å². The van der Waals surface area contributed by atoms with Gasteiger partial charge in [0.15, 0.2) is 0 Å². The molecule has 2 heterocycles. The lowest BCUT2D eigenvalue weighted by atomic mass is 10.4. The van der Waals surface area contributed by atoms with Gasteiger partial charge in [-0.2, -0.15) is 11.8 Å². The Morgan fingerprint density at radius 1 is 1.62 bits per heavy atom. The molecule has 0 aromatic carbocycles. The summed E-state index contributed by atoms with van der Waals surface area (Å²) in [6.45, 7) is 2.38. The summed E-state index contributed by atoms with van der Waals surface area (Å²) in [6.07, 6.45) is 4.13. The minimum atomic E-state index is 0.829. The molecule has 1 fully saturated rings. The molecule has 0 amide bonds. The molecule has 1 aliphatic rings. The van der Waals surface area contributed by atoms with Gasteiger partial charge in [0.1, 0.15) is 5.76 Å². The standard InChI is InChI=1S/C10H15NOS/c1-2-9(12-6-1)4-7-13-10-3-5-11-8-10/h1-2,6,10-11H,3-5,7-8H2. The minimum absolute atomic E-state index is 0.829. The van der Waals surface area contributed by atoms with E-state index in [1.807, 2.05) is 12.1 Å². The number of hydrogen-bond donors (Lipinski definition) is 1. The van der Waals surface area contributed by atoms with E-state index in [0.29, 0.717) is 0 Å². The SMILES string of the molecule is c1coc(CCSC2CCNC2)c1. The van der Waals surface area contributed by atoms with Crippen LogP contribution in [0.5, 0.6) is 0 Å². The molecule has 0 spiro atoms. The predicted molar refractivity (Wildman–Crippen MR) is 56.1 cm³/mol. The van der Waals surface area contributed by atoms with Gasteiger partial charge in [0, 0.05) is 24.0 Å². The van der Waals surface area contributed by atoms with E-state index in [0.717, 1.165) is 17.4 Å². The highest BCUT2D eigenvalue weighted by Gasteiger charge is 2.14. The lowest BCUT2D eigenvalue weighted by Gasteiger charge is -2.05. The molecule has 1 saturated heterocycles. The van der Waals surface area contributed by atoms with Crippen LogP contribution in [-0.2, 0) is 6.42 Å². The Morgan fingerprint density at radius 2 is 2.62 bits per heavy atom. The molecule has 1 aliphatic heterocycles. The third-order valence-electron chi connectivity index (χ3n) is 2.30. The molecule has 0 radical (unpaired) electrons. The summed E-state index contributed by atoms with van der Waals surface area (Å²) in [5.74, 6) is 2.29. The van der Waals surface area contributed by atoms with Gasteiger partial charge in [-0.15, -0.1) is 0 Å². The van der Waals surface area contributed by atoms with Gasteiger partial charge in [-0.25, -0.2) is 0 Å². The first kappa shape index (κ1) is 9.16. The molecule has 0 bridgehead atoms. The summed E-state index contributed by atoms with van der Waals surface area (Å²) in [6, 6.07) is 4.00. The fourth-order valence-corrected chi connectivity index (χ4v) is 2.72. The van der Waals surface area contributed by atoms with Crippen molar-refractivity contribution in [2.75, 3.05) is 18.8 Å². The normalized spacial score (nSPS) is 22.3. The van der Waals surface area contributed by atoms with Crippen LogP contribution in [0.15, 0.2) is 22.8 Å². The van der Waals surface area contributed by atoms with E-state index in [2.05, 4.69) is 17.1 Å². The maximum absolute atomic E-state index is 5.27. The van der Waals surface area contributed by atoms with E-state index in [9.17, 15) is 0 Å². The molecule has 1 unspecified atom stereocenters. The molecular formula is C10H15NOS. The molecule has 2 nitrogen and oxygen atoms in total. The van der Waals surface area contributed by atoms with Crippen molar-refractivity contribution in [2.45, 2.75) is 18.1 Å². The van der Waals surface area contributed by atoms with Crippen LogP contribution >= 0.6 is 11.8 Å². The average molecular weight is 197 g/mol. The van der Waals surface area contributed by atoms with Crippen LogP contribution in [0.2, 0.25) is 0 Å². The third kappa shape index (κ3) is 2.78. The lowest BCUT2D eigenvalue weighted by Crippen LogP contribution is -2.10. The smallest absolute Gasteiger partial charge is 0.104 e. The fraction of sp³-hybridized carbons (Fsp3) is 0.600. The number of rotatable bonds is 4. The first-order chi connectivity index (χ1) is 6.45. The van der Waals surface area contributed by atoms with Gasteiger partial charge in [0.2, 0.25) is 0 Å². The maximum Gasteiger partial charge on any atom is 0.104 e. The van der Waals surface area contributed by atoms with Crippen LogP contribution in [0.25, 0.3) is 0 Å². The van der Waals surface area contributed by atoms with Crippen LogP contribution in [0.3, 0.4) is 0 Å². The van der Waals surface area contributed by atoms with Crippen LogP contribution in [0, 0.1) is 0 Å². The van der Waals surface area contributed by atoms with Gasteiger partial charge in [-0.05, 0) is 25.1 Å². The highest BCUT2D eigenvalue weighted by molar-refractivity contribution is 7.99. The molecule has 1 N–H and O–H groups in total. The Bertz CT molecular complexity index is 229. The Kier molecular flexibility index (Phi) is 3.33. The Labute approximate surface area is 83.1 Å². The first-order valence-electron chi connectivity index (χ1n) is 4.80. The van der Waals surface area contributed by atoms with Gasteiger partial charge in [-0.3, -0.25) is 0 Å². The summed E-state index contributed by atoms with van der Waals surface area (Å²) in [7, 11) is 0. The second kappa shape index (κ2) is 4.72. The molecule has 0 aliphatic carbocycles. The zero-order chi connectivity index (χ0) is 8.93. The average Bonchev–Trinajstić information content (AvgIpc) is 2.75. The van der Waals surface area contributed by atoms with E-state index in [1.54, 1.807) is 6.26 Å². The number of furan rings is 1. The minimum Gasteiger partial charge on any atom is -0.469 e. The Morgan fingerprint density at radius 3 is 3.31 bits per heavy atom. The first-order valence-corrected chi connectivity index (χ1v) is 5.85. The second-order valence-electron chi connectivity index (χ2n) is 3.31. The number of nitrogens with one attached hydrogen (secondary N) is 1. The van der Waals surface area contributed by atoms with Crippen LogP contribution < -0.4 is 5.32 Å². The molecule has 72 valence electrons. The van der Waals surface area contributed by atoms with E-state index >= 15 is 0 Å². The van der Waals surface area contributed by atoms with Crippen LogP contribution in [0.1, 0.15) is 12.2 Å². The molecule has 0 saturated carbocycles. The molecule has 3 heteroatoms. The monoisotopic (exact) mass is 197 g/mol. The summed E-state index contributed by atoms with van der Waals surface area (Å²) in [5.41, 5.74) is 0. The molecule has 2 rings (SSSR count). The Hall–Kier alpha value is -0.410. The Balaban J connectivity index is 1.63. The zero-order valence-electron chi connectivity index (χ0n) is 7.66. The summed E-state index contributed by atoms with van der Waals surface area (Å²) >= 11 is 2.06. The molecule has 1 aromatic heterocycles. The predicted octanol–water partition coefficient (Wildman–Crippen LogP) is 1.92. The number of thioether (sulfide) groups is 1. The van der Waals surface area contributed by atoms with Crippen molar-refractivity contribution in [1.82, 2.24) is 5.32 Å². The van der Waals surface area contributed by atoms with Crippen molar-refractivity contribution in [2.24, 2.45) is 0 Å². The van der Waals surface area contributed by atoms with Crippen LogP contribution in [0.4, 0.5) is 0 Å². The summed E-state index contributed by atoms with van der Waals surface area (Å²) < 4.78 is 5.27. The summed E-state index contributed by atoms with van der Waals surface area (Å²) in [5, 5.41) is 4.20. The van der Waals surface area contributed by atoms with Crippen molar-refractivity contribution >= 4 is 11.8 Å². The second-order valence-corrected chi connectivity index (χ2v) is 4.72. The van der Waals surface area contributed by atoms with Crippen molar-refractivity contribution in [3.63, 3.8) is 0 Å². The highest BCUT2D eigenvalue weighted by atomic mass is 32.2. The van der Waals surface area contributed by atoms with E-state index < -0.39 is 0 Å². The van der Waals surface area contributed by atoms with Crippen molar-refractivity contribution in [3.8, 4) is 0 Å². The van der Waals surface area contributed by atoms with Crippen molar-refractivity contribution in [1.29, 1.82) is 0 Å². The summed E-state index contributed by atoms with van der Waals surface area (Å²) in [4.78, 5) is 0. The quantitative estimate of drug-likeness (QED) is 0.798. The topological polar surface area (TPSA) is 25.2 Å². The molecular weight excluding hydrogens is 182 g/mol. The molecule has 13 heavy (non-hydrogen) atoms. The van der Waals surface area contributed by atoms with Crippen LogP contribution in [-0.4, -0.2) is 24.1 Å². The van der Waals surface area contributed by atoms with E-state index in [4.69, 9.17) is 4.42 Å². The molecule has 1 atom stereocenters. The lowest BCUT2D eigenvalue weighted by molar-refractivity contribution is 0.517. The van der Waals surface area contributed by atoms with Crippen molar-refractivity contribution < 1.29 is 4.42 Å². The fourth-order valence-electron chi connectivity index (χ4n) is 1.55. The van der Waals surface area contributed by atoms with Gasteiger partial charge in [0.05, 0.1) is 6.26 Å². The highest BCUT2D eigenvalue weighted by Crippen LogP contribution is 2.18. The molecule has 1 aromatic rings. The number of hydrogen-bond acceptors (Lipinski definition) is 3. The van der Waals surface area contributed by atoms with Gasteiger partial charge in [-0.1, -0.05) is 0 Å². The largest absolute Gasteiger partial charge is 0.469 e. The van der Waals surface area contributed by atoms with E-state index in [-0.39, 0.29) is 0 Å². The number of aryl methyl sites for hydroxylation is 1. The van der Waals surface area contributed by atoms with Gasteiger partial charge < -0.3 is 9.73 Å². The van der Waals surface area contributed by atoms with Gasteiger partial charge >= 0.3 is 0 Å². The van der Waals surface area contributed by atoms with Crippen molar-refractivity contribution in [3.05, 3.63) is 24.2 Å². The zero-order valence-corrected chi connectivity index (χ0v) is 8.48. The maximum atomic E-state index is 5.27. The third-order valence-corrected chi connectivity index (χ3v) is 3.61. The van der Waals surface area contributed by atoms with E-state index in [1.165, 1.54) is 25.3 Å².